The van der Waals surface area contributed by atoms with Crippen molar-refractivity contribution in [3.8, 4) is 0 Å². The predicted molar refractivity (Wildman–Crippen MR) is 141 cm³/mol. The number of hydrogen-bond donors (Lipinski definition) is 3. The lowest BCUT2D eigenvalue weighted by Gasteiger charge is -2.22. The first-order chi connectivity index (χ1) is 15.7. The second-order valence-electron chi connectivity index (χ2n) is 9.76. The molecule has 2 atom stereocenters. The molecule has 3 N–H and O–H groups in total. The minimum absolute atomic E-state index is 0.230. The van der Waals surface area contributed by atoms with Gasteiger partial charge >= 0.3 is 12.1 Å². The summed E-state index contributed by atoms with van der Waals surface area (Å²) in [6.07, 6.45) is 10.0. The number of carbonyl (C=O) groups excluding carboxylic acids is 2. The molecule has 7 nitrogen and oxygen atoms in total. The number of carbonyl (C=O) groups is 3. The standard InChI is InChI=1S/C26H44N2O5S/c1-18(2)11-9-12-19(3)13-10-14-20(4)15-16-34-17-22(24(30)31)28-23(29)21(5)27-25(32)33-26(6,7)8/h11,13,15,21-22H,9-10,12,14,16-17H2,1-8H3,(H,27,32)(H,28,29)(H,30,31). The van der Waals surface area contributed by atoms with Gasteiger partial charge in [-0.25, -0.2) is 9.59 Å². The van der Waals surface area contributed by atoms with Gasteiger partial charge in [0.1, 0.15) is 17.7 Å². The maximum atomic E-state index is 12.3. The number of aliphatic carboxylic acids is 1. The van der Waals surface area contributed by atoms with E-state index in [0.717, 1.165) is 25.7 Å². The fourth-order valence-electron chi connectivity index (χ4n) is 2.75. The van der Waals surface area contributed by atoms with E-state index in [4.69, 9.17) is 4.74 Å². The molecule has 0 saturated heterocycles. The van der Waals surface area contributed by atoms with Crippen molar-refractivity contribution >= 4 is 29.7 Å². The van der Waals surface area contributed by atoms with E-state index in [1.54, 1.807) is 20.8 Å². The van der Waals surface area contributed by atoms with E-state index in [9.17, 15) is 19.5 Å². The van der Waals surface area contributed by atoms with Crippen LogP contribution in [0.1, 0.15) is 81.1 Å². The zero-order valence-electron chi connectivity index (χ0n) is 22.1. The molecule has 0 aliphatic carbocycles. The molecule has 194 valence electrons. The van der Waals surface area contributed by atoms with E-state index in [2.05, 4.69) is 56.6 Å². The monoisotopic (exact) mass is 496 g/mol. The smallest absolute Gasteiger partial charge is 0.408 e. The lowest BCUT2D eigenvalue weighted by atomic mass is 10.1. The fraction of sp³-hybridized carbons (Fsp3) is 0.654. The van der Waals surface area contributed by atoms with E-state index in [1.165, 1.54) is 35.4 Å². The van der Waals surface area contributed by atoms with Crippen molar-refractivity contribution in [1.29, 1.82) is 0 Å². The van der Waals surface area contributed by atoms with Crippen molar-refractivity contribution in [2.24, 2.45) is 0 Å². The van der Waals surface area contributed by atoms with Crippen LogP contribution in [0.25, 0.3) is 0 Å². The van der Waals surface area contributed by atoms with Crippen LogP contribution in [0.15, 0.2) is 34.9 Å². The zero-order chi connectivity index (χ0) is 26.3. The van der Waals surface area contributed by atoms with Crippen LogP contribution in [-0.4, -0.2) is 52.3 Å². The van der Waals surface area contributed by atoms with Gasteiger partial charge in [-0.2, -0.15) is 11.8 Å². The molecule has 0 radical (unpaired) electrons. The summed E-state index contributed by atoms with van der Waals surface area (Å²) >= 11 is 1.44. The van der Waals surface area contributed by atoms with Crippen molar-refractivity contribution in [2.45, 2.75) is 98.8 Å². The van der Waals surface area contributed by atoms with Crippen LogP contribution in [-0.2, 0) is 14.3 Å². The molecule has 0 aromatic heterocycles. The molecule has 0 aromatic carbocycles. The molecule has 8 heteroatoms. The number of nitrogens with one attached hydrogen (secondary N) is 2. The molecule has 0 fully saturated rings. The first kappa shape index (κ1) is 31.8. The molecular weight excluding hydrogens is 452 g/mol. The maximum absolute atomic E-state index is 12.3. The Hall–Kier alpha value is -2.22. The van der Waals surface area contributed by atoms with Crippen LogP contribution >= 0.6 is 11.8 Å². The summed E-state index contributed by atoms with van der Waals surface area (Å²) in [5.41, 5.74) is 3.31. The summed E-state index contributed by atoms with van der Waals surface area (Å²) in [5, 5.41) is 14.3. The third kappa shape index (κ3) is 17.3. The number of ether oxygens (including phenoxy) is 1. The van der Waals surface area contributed by atoms with Crippen molar-refractivity contribution in [1.82, 2.24) is 10.6 Å². The molecule has 0 saturated carbocycles. The van der Waals surface area contributed by atoms with Gasteiger partial charge in [-0.1, -0.05) is 34.9 Å². The van der Waals surface area contributed by atoms with Gasteiger partial charge in [0.2, 0.25) is 5.91 Å². The summed E-state index contributed by atoms with van der Waals surface area (Å²) in [5.74, 6) is -0.787. The second-order valence-corrected chi connectivity index (χ2v) is 10.8. The van der Waals surface area contributed by atoms with Crippen molar-refractivity contribution in [3.63, 3.8) is 0 Å². The Labute approximate surface area is 209 Å². The quantitative estimate of drug-likeness (QED) is 0.213. The Balaban J connectivity index is 4.44. The molecule has 0 rings (SSSR count). The van der Waals surface area contributed by atoms with E-state index in [-0.39, 0.29) is 5.75 Å². The molecule has 0 aliphatic rings. The third-order valence-corrected chi connectivity index (χ3v) is 5.67. The van der Waals surface area contributed by atoms with Gasteiger partial charge in [0.05, 0.1) is 0 Å². The number of rotatable bonds is 14. The summed E-state index contributed by atoms with van der Waals surface area (Å²) in [6.45, 7) is 15.1. The van der Waals surface area contributed by atoms with E-state index in [1.807, 2.05) is 0 Å². The topological polar surface area (TPSA) is 105 Å². The van der Waals surface area contributed by atoms with Gasteiger partial charge in [0, 0.05) is 11.5 Å². The van der Waals surface area contributed by atoms with Crippen LogP contribution in [0.5, 0.6) is 0 Å². The van der Waals surface area contributed by atoms with Crippen molar-refractivity contribution in [2.75, 3.05) is 11.5 Å². The minimum Gasteiger partial charge on any atom is -0.480 e. The minimum atomic E-state index is -1.11. The highest BCUT2D eigenvalue weighted by Crippen LogP contribution is 2.13. The number of carboxylic acid groups (broad SMARTS) is 1. The molecule has 0 heterocycles. The Morgan fingerprint density at radius 1 is 0.941 bits per heavy atom. The molecule has 0 aromatic rings. The highest BCUT2D eigenvalue weighted by Gasteiger charge is 2.25. The largest absolute Gasteiger partial charge is 0.480 e. The fourth-order valence-corrected chi connectivity index (χ4v) is 3.75. The number of hydrogen-bond acceptors (Lipinski definition) is 5. The second kappa shape index (κ2) is 16.4. The maximum Gasteiger partial charge on any atom is 0.408 e. The number of alkyl carbamates (subject to hydrolysis) is 1. The first-order valence-corrected chi connectivity index (χ1v) is 12.9. The normalized spacial score (nSPS) is 14.1. The van der Waals surface area contributed by atoms with Crippen LogP contribution < -0.4 is 10.6 Å². The molecule has 2 unspecified atom stereocenters. The van der Waals surface area contributed by atoms with Crippen LogP contribution in [0.3, 0.4) is 0 Å². The van der Waals surface area contributed by atoms with Gasteiger partial charge in [-0.15, -0.1) is 0 Å². The Bertz CT molecular complexity index is 762. The van der Waals surface area contributed by atoms with Crippen LogP contribution in [0.4, 0.5) is 4.79 Å². The van der Waals surface area contributed by atoms with Crippen LogP contribution in [0.2, 0.25) is 0 Å². The van der Waals surface area contributed by atoms with Gasteiger partial charge in [-0.3, -0.25) is 4.79 Å². The number of allylic oxidation sites excluding steroid dienone is 5. The summed E-state index contributed by atoms with van der Waals surface area (Å²) in [7, 11) is 0. The Morgan fingerprint density at radius 2 is 1.50 bits per heavy atom. The van der Waals surface area contributed by atoms with E-state index in [0.29, 0.717) is 5.75 Å². The summed E-state index contributed by atoms with van der Waals surface area (Å²) < 4.78 is 5.12. The van der Waals surface area contributed by atoms with Gasteiger partial charge < -0.3 is 20.5 Å². The van der Waals surface area contributed by atoms with Gasteiger partial charge in [0.25, 0.3) is 0 Å². The Kier molecular flexibility index (Phi) is 15.3. The average molecular weight is 497 g/mol. The summed E-state index contributed by atoms with van der Waals surface area (Å²) in [6, 6.07) is -1.96. The third-order valence-electron chi connectivity index (χ3n) is 4.70. The van der Waals surface area contributed by atoms with Crippen molar-refractivity contribution in [3.05, 3.63) is 34.9 Å². The molecule has 2 amide bonds. The zero-order valence-corrected chi connectivity index (χ0v) is 22.9. The van der Waals surface area contributed by atoms with E-state index < -0.39 is 35.7 Å². The number of thioether (sulfide) groups is 1. The molecule has 0 bridgehead atoms. The molecule has 34 heavy (non-hydrogen) atoms. The lowest BCUT2D eigenvalue weighted by Crippen LogP contribution is -2.51. The average Bonchev–Trinajstić information content (AvgIpc) is 2.67. The molecule has 0 spiro atoms. The van der Waals surface area contributed by atoms with Gasteiger partial charge in [0.15, 0.2) is 0 Å². The lowest BCUT2D eigenvalue weighted by molar-refractivity contribution is -0.141. The summed E-state index contributed by atoms with van der Waals surface area (Å²) in [4.78, 5) is 35.6. The highest BCUT2D eigenvalue weighted by molar-refractivity contribution is 7.99. The highest BCUT2D eigenvalue weighted by atomic mass is 32.2. The SMILES string of the molecule is CC(C)=CCCC(C)=CCCC(C)=CCSCC(NC(=O)C(C)NC(=O)OC(C)(C)C)C(=O)O. The van der Waals surface area contributed by atoms with Crippen LogP contribution in [0, 0.1) is 0 Å². The predicted octanol–water partition coefficient (Wildman–Crippen LogP) is 5.62. The molecule has 0 aliphatic heterocycles. The Morgan fingerprint density at radius 3 is 2.03 bits per heavy atom. The first-order valence-electron chi connectivity index (χ1n) is 11.8. The molecular formula is C26H44N2O5S. The van der Waals surface area contributed by atoms with E-state index >= 15 is 0 Å². The van der Waals surface area contributed by atoms with Gasteiger partial charge in [-0.05, 0) is 81.1 Å². The number of amides is 2. The number of carboxylic acids is 1. The van der Waals surface area contributed by atoms with Crippen molar-refractivity contribution < 1.29 is 24.2 Å².